The van der Waals surface area contributed by atoms with Crippen LogP contribution in [0.2, 0.25) is 5.02 Å². The van der Waals surface area contributed by atoms with E-state index in [0.717, 1.165) is 11.1 Å². The molecule has 3 aromatic rings. The lowest BCUT2D eigenvalue weighted by Gasteiger charge is -2.22. The molecule has 3 aromatic carbocycles. The fraction of sp³-hybridized carbons (Fsp3) is 0.154. The van der Waals surface area contributed by atoms with Crippen LogP contribution >= 0.6 is 11.6 Å². The van der Waals surface area contributed by atoms with Gasteiger partial charge in [0.05, 0.1) is 19.2 Å². The number of halogens is 1. The highest BCUT2D eigenvalue weighted by atomic mass is 35.5. The monoisotopic (exact) mass is 446 g/mol. The Bertz CT molecular complexity index is 1170. The van der Waals surface area contributed by atoms with E-state index in [4.69, 9.17) is 16.3 Å². The molecule has 0 aromatic heterocycles. The van der Waals surface area contributed by atoms with E-state index >= 15 is 0 Å². The topological polar surface area (TPSA) is 49.9 Å². The Labute approximate surface area is 192 Å². The number of likely N-dealkylation sites (N-methyl/N-ethyl adjacent to an activating group) is 1. The van der Waals surface area contributed by atoms with Gasteiger partial charge >= 0.3 is 0 Å². The van der Waals surface area contributed by atoms with E-state index < -0.39 is 0 Å². The maximum atomic E-state index is 13.5. The number of carbonyl (C=O) groups excluding carboxylic acids is 2. The lowest BCUT2D eigenvalue weighted by Crippen LogP contribution is -2.33. The largest absolute Gasteiger partial charge is 0.496 e. The minimum Gasteiger partial charge on any atom is -0.496 e. The molecule has 0 atom stereocenters. The molecule has 32 heavy (non-hydrogen) atoms. The van der Waals surface area contributed by atoms with Crippen molar-refractivity contribution in [3.05, 3.63) is 106 Å². The van der Waals surface area contributed by atoms with Crippen LogP contribution in [0.1, 0.15) is 16.7 Å². The van der Waals surface area contributed by atoms with Crippen molar-refractivity contribution in [3.8, 4) is 5.75 Å². The van der Waals surface area contributed by atoms with Crippen molar-refractivity contribution in [1.29, 1.82) is 0 Å². The molecule has 2 amide bonds. The van der Waals surface area contributed by atoms with E-state index in [0.29, 0.717) is 34.2 Å². The summed E-state index contributed by atoms with van der Waals surface area (Å²) in [6.45, 7) is 0.621. The molecule has 4 rings (SSSR count). The highest BCUT2D eigenvalue weighted by Crippen LogP contribution is 2.34. The van der Waals surface area contributed by atoms with Crippen molar-refractivity contribution < 1.29 is 14.3 Å². The van der Waals surface area contributed by atoms with Crippen LogP contribution < -0.4 is 4.74 Å². The normalized spacial score (nSPS) is 13.7. The molecule has 162 valence electrons. The van der Waals surface area contributed by atoms with Gasteiger partial charge in [0.15, 0.2) is 0 Å². The van der Waals surface area contributed by atoms with Gasteiger partial charge in [-0.15, -0.1) is 0 Å². The molecular formula is C26H23ClN2O3. The summed E-state index contributed by atoms with van der Waals surface area (Å²) in [4.78, 5) is 30.2. The molecule has 1 aliphatic heterocycles. The maximum absolute atomic E-state index is 13.5. The number of hydrogen-bond donors (Lipinski definition) is 0. The zero-order chi connectivity index (χ0) is 22.7. The summed E-state index contributed by atoms with van der Waals surface area (Å²) >= 11 is 6.06. The Balaban J connectivity index is 1.73. The zero-order valence-electron chi connectivity index (χ0n) is 17.9. The van der Waals surface area contributed by atoms with Crippen molar-refractivity contribution in [3.63, 3.8) is 0 Å². The molecule has 0 unspecified atom stereocenters. The molecule has 0 radical (unpaired) electrons. The third kappa shape index (κ3) is 4.25. The second-order valence-electron chi connectivity index (χ2n) is 7.58. The smallest absolute Gasteiger partial charge is 0.278 e. The lowest BCUT2D eigenvalue weighted by atomic mass is 10.0. The molecule has 1 heterocycles. The summed E-state index contributed by atoms with van der Waals surface area (Å²) in [6.07, 6.45) is 0. The summed E-state index contributed by atoms with van der Waals surface area (Å²) in [6, 6.07) is 24.2. The second-order valence-corrected chi connectivity index (χ2v) is 8.02. The number of imide groups is 1. The van der Waals surface area contributed by atoms with Crippen LogP contribution in [-0.2, 0) is 22.7 Å². The highest BCUT2D eigenvalue weighted by Gasteiger charge is 2.41. The molecule has 5 nitrogen and oxygen atoms in total. The number of hydrogen-bond acceptors (Lipinski definition) is 4. The predicted molar refractivity (Wildman–Crippen MR) is 125 cm³/mol. The van der Waals surface area contributed by atoms with Gasteiger partial charge in [0.2, 0.25) is 0 Å². The third-order valence-corrected chi connectivity index (χ3v) is 5.69. The number of methoxy groups -OCH3 is 1. The van der Waals surface area contributed by atoms with Gasteiger partial charge in [-0.25, -0.2) is 0 Å². The SMILES string of the molecule is COc1ccccc1CN1C(=O)C(c2ccc(Cl)cc2)=C(N(C)Cc2ccccc2)C1=O. The van der Waals surface area contributed by atoms with E-state index in [9.17, 15) is 9.59 Å². The number of amides is 2. The number of ether oxygens (including phenoxy) is 1. The first kappa shape index (κ1) is 21.7. The first-order valence-electron chi connectivity index (χ1n) is 10.2. The average molecular weight is 447 g/mol. The van der Waals surface area contributed by atoms with Crippen LogP contribution in [0.5, 0.6) is 5.75 Å². The van der Waals surface area contributed by atoms with Crippen LogP contribution in [0.15, 0.2) is 84.6 Å². The number of rotatable bonds is 7. The van der Waals surface area contributed by atoms with Crippen molar-refractivity contribution in [1.82, 2.24) is 9.80 Å². The molecular weight excluding hydrogens is 424 g/mol. The van der Waals surface area contributed by atoms with Crippen molar-refractivity contribution in [2.75, 3.05) is 14.2 Å². The number of benzene rings is 3. The van der Waals surface area contributed by atoms with Crippen LogP contribution in [0.4, 0.5) is 0 Å². The number of nitrogens with zero attached hydrogens (tertiary/aromatic N) is 2. The molecule has 0 spiro atoms. The summed E-state index contributed by atoms with van der Waals surface area (Å²) in [5, 5.41) is 0.566. The maximum Gasteiger partial charge on any atom is 0.278 e. The molecule has 0 bridgehead atoms. The van der Waals surface area contributed by atoms with Crippen molar-refractivity contribution in [2.45, 2.75) is 13.1 Å². The Morgan fingerprint density at radius 2 is 1.53 bits per heavy atom. The van der Waals surface area contributed by atoms with Gasteiger partial charge in [0, 0.05) is 24.2 Å². The Hall–Kier alpha value is -3.57. The first-order chi connectivity index (χ1) is 15.5. The molecule has 0 saturated carbocycles. The highest BCUT2D eigenvalue weighted by molar-refractivity contribution is 6.35. The minimum atomic E-state index is -0.335. The Morgan fingerprint density at radius 1 is 0.875 bits per heavy atom. The van der Waals surface area contributed by atoms with E-state index in [1.165, 1.54) is 4.90 Å². The molecule has 0 saturated heterocycles. The average Bonchev–Trinajstić information content (AvgIpc) is 3.05. The summed E-state index contributed by atoms with van der Waals surface area (Å²) in [5.41, 5.74) is 3.21. The lowest BCUT2D eigenvalue weighted by molar-refractivity contribution is -0.138. The summed E-state index contributed by atoms with van der Waals surface area (Å²) in [7, 11) is 3.40. The molecule has 0 aliphatic carbocycles. The van der Waals surface area contributed by atoms with Gasteiger partial charge in [0.25, 0.3) is 11.8 Å². The predicted octanol–water partition coefficient (Wildman–Crippen LogP) is 4.76. The summed E-state index contributed by atoms with van der Waals surface area (Å²) in [5.74, 6) is -0.0327. The second kappa shape index (κ2) is 9.28. The molecule has 0 fully saturated rings. The standard InChI is InChI=1S/C26H23ClN2O3/c1-28(16-18-8-4-3-5-9-18)24-23(19-12-14-21(27)15-13-19)25(30)29(26(24)31)17-20-10-6-7-11-22(20)32-2/h3-15H,16-17H2,1-2H3. The Kier molecular flexibility index (Phi) is 6.28. The summed E-state index contributed by atoms with van der Waals surface area (Å²) < 4.78 is 5.42. The van der Waals surface area contributed by atoms with Gasteiger partial charge in [-0.2, -0.15) is 0 Å². The van der Waals surface area contributed by atoms with E-state index in [-0.39, 0.29) is 18.4 Å². The van der Waals surface area contributed by atoms with Crippen molar-refractivity contribution in [2.24, 2.45) is 0 Å². The van der Waals surface area contributed by atoms with E-state index in [1.54, 1.807) is 31.4 Å². The minimum absolute atomic E-state index is 0.126. The fourth-order valence-corrected chi connectivity index (χ4v) is 4.00. The molecule has 1 aliphatic rings. The van der Waals surface area contributed by atoms with Crippen LogP contribution in [-0.4, -0.2) is 35.8 Å². The van der Waals surface area contributed by atoms with Crippen molar-refractivity contribution >= 4 is 29.0 Å². The van der Waals surface area contributed by atoms with Gasteiger partial charge < -0.3 is 9.64 Å². The van der Waals surface area contributed by atoms with Crippen LogP contribution in [0.3, 0.4) is 0 Å². The Morgan fingerprint density at radius 3 is 2.22 bits per heavy atom. The fourth-order valence-electron chi connectivity index (χ4n) is 3.88. The van der Waals surface area contributed by atoms with Gasteiger partial charge in [0.1, 0.15) is 11.4 Å². The number of para-hydroxylation sites is 1. The van der Waals surface area contributed by atoms with E-state index in [1.807, 2.05) is 66.5 Å². The van der Waals surface area contributed by atoms with Crippen LogP contribution in [0, 0.1) is 0 Å². The van der Waals surface area contributed by atoms with Crippen LogP contribution in [0.25, 0.3) is 5.57 Å². The van der Waals surface area contributed by atoms with E-state index in [2.05, 4.69) is 0 Å². The number of carbonyl (C=O) groups is 2. The van der Waals surface area contributed by atoms with Gasteiger partial charge in [-0.1, -0.05) is 72.3 Å². The third-order valence-electron chi connectivity index (χ3n) is 5.44. The van der Waals surface area contributed by atoms with Gasteiger partial charge in [-0.05, 0) is 29.3 Å². The quantitative estimate of drug-likeness (QED) is 0.491. The van der Waals surface area contributed by atoms with Gasteiger partial charge in [-0.3, -0.25) is 14.5 Å². The molecule has 0 N–H and O–H groups in total. The first-order valence-corrected chi connectivity index (χ1v) is 10.6. The zero-order valence-corrected chi connectivity index (χ0v) is 18.7. The molecule has 6 heteroatoms.